The first-order valence-electron chi connectivity index (χ1n) is 12.5. The number of aryl methyl sites for hydroxylation is 1. The Morgan fingerprint density at radius 1 is 0.949 bits per heavy atom. The summed E-state index contributed by atoms with van der Waals surface area (Å²) >= 11 is 7.89. The number of rotatable bonds is 11. The predicted molar refractivity (Wildman–Crippen MR) is 159 cm³/mol. The molecule has 0 aliphatic rings. The highest BCUT2D eigenvalue weighted by molar-refractivity contribution is 7.98. The molecule has 0 fully saturated rings. The van der Waals surface area contributed by atoms with E-state index in [9.17, 15) is 18.0 Å². The van der Waals surface area contributed by atoms with Gasteiger partial charge in [0.25, 0.3) is 10.0 Å². The Morgan fingerprint density at radius 3 is 2.13 bits per heavy atom. The van der Waals surface area contributed by atoms with Crippen molar-refractivity contribution in [2.24, 2.45) is 0 Å². The summed E-state index contributed by atoms with van der Waals surface area (Å²) in [6.07, 6.45) is 1.91. The maximum absolute atomic E-state index is 13.9. The Hall–Kier alpha value is -3.01. The summed E-state index contributed by atoms with van der Waals surface area (Å²) in [7, 11) is -4.12. The molecule has 2 amide bonds. The molecule has 0 unspecified atom stereocenters. The zero-order valence-electron chi connectivity index (χ0n) is 22.7. The molecule has 0 aliphatic heterocycles. The summed E-state index contributed by atoms with van der Waals surface area (Å²) in [6.45, 7) is 6.72. The van der Waals surface area contributed by atoms with Crippen LogP contribution in [-0.2, 0) is 26.2 Å². The van der Waals surface area contributed by atoms with E-state index in [4.69, 9.17) is 11.6 Å². The minimum atomic E-state index is -4.12. The molecule has 0 heterocycles. The Bertz CT molecular complexity index is 1390. The lowest BCUT2D eigenvalue weighted by Crippen LogP contribution is -2.52. The maximum Gasteiger partial charge on any atom is 0.264 e. The third-order valence-electron chi connectivity index (χ3n) is 6.15. The van der Waals surface area contributed by atoms with Gasteiger partial charge in [0.1, 0.15) is 12.6 Å². The zero-order chi connectivity index (χ0) is 28.7. The highest BCUT2D eigenvalue weighted by Crippen LogP contribution is 2.27. The van der Waals surface area contributed by atoms with Crippen molar-refractivity contribution >= 4 is 50.9 Å². The number of nitrogens with one attached hydrogen (secondary N) is 1. The average Bonchev–Trinajstić information content (AvgIpc) is 2.91. The van der Waals surface area contributed by atoms with Gasteiger partial charge in [-0.2, -0.15) is 0 Å². The van der Waals surface area contributed by atoms with Gasteiger partial charge in [0, 0.05) is 22.5 Å². The lowest BCUT2D eigenvalue weighted by atomic mass is 10.1. The Labute approximate surface area is 240 Å². The molecule has 0 spiro atoms. The molecule has 0 aromatic heterocycles. The summed E-state index contributed by atoms with van der Waals surface area (Å²) in [5.74, 6) is -0.881. The van der Waals surface area contributed by atoms with Gasteiger partial charge in [-0.05, 0) is 82.0 Å². The number of hydrogen-bond donors (Lipinski definition) is 1. The zero-order valence-corrected chi connectivity index (χ0v) is 25.1. The van der Waals surface area contributed by atoms with E-state index in [0.717, 1.165) is 14.8 Å². The molecule has 208 valence electrons. The number of sulfonamides is 1. The second-order valence-electron chi connectivity index (χ2n) is 9.48. The molecule has 0 saturated carbocycles. The van der Waals surface area contributed by atoms with Crippen molar-refractivity contribution in [3.8, 4) is 0 Å². The number of carbonyl (C=O) groups is 2. The van der Waals surface area contributed by atoms with E-state index >= 15 is 0 Å². The van der Waals surface area contributed by atoms with Crippen molar-refractivity contribution in [2.75, 3.05) is 17.1 Å². The maximum atomic E-state index is 13.9. The molecule has 0 saturated heterocycles. The molecule has 3 aromatic rings. The van der Waals surface area contributed by atoms with Crippen LogP contribution in [0.5, 0.6) is 0 Å². The average molecular weight is 588 g/mol. The molecule has 0 radical (unpaired) electrons. The van der Waals surface area contributed by atoms with Crippen molar-refractivity contribution in [3.05, 3.63) is 88.9 Å². The predicted octanol–water partition coefficient (Wildman–Crippen LogP) is 5.51. The van der Waals surface area contributed by atoms with Crippen LogP contribution in [0.4, 0.5) is 5.69 Å². The van der Waals surface area contributed by atoms with Gasteiger partial charge in [0.2, 0.25) is 11.8 Å². The quantitative estimate of drug-likeness (QED) is 0.299. The summed E-state index contributed by atoms with van der Waals surface area (Å²) in [5, 5.41) is 3.28. The first-order valence-corrected chi connectivity index (χ1v) is 15.5. The standard InChI is InChI=1S/C29H34ClN3O4S2/c1-20(2)31-29(35)22(4)32(18-23-8-6-7-9-27(23)30)28(34)19-33(24-12-10-21(3)11-13-24)39(36,37)26-16-14-25(38-5)15-17-26/h6-17,20,22H,18-19H2,1-5H3,(H,31,35)/t22-/m1/s1. The van der Waals surface area contributed by atoms with Crippen molar-refractivity contribution < 1.29 is 18.0 Å². The Morgan fingerprint density at radius 2 is 1.56 bits per heavy atom. The molecule has 0 bridgehead atoms. The van der Waals surface area contributed by atoms with E-state index in [2.05, 4.69) is 5.32 Å². The molecule has 3 aromatic carbocycles. The number of nitrogens with zero attached hydrogens (tertiary/aromatic N) is 2. The number of benzene rings is 3. The topological polar surface area (TPSA) is 86.8 Å². The first kappa shape index (κ1) is 30.5. The summed E-state index contributed by atoms with van der Waals surface area (Å²) in [6, 6.07) is 19.5. The normalized spacial score (nSPS) is 12.2. The van der Waals surface area contributed by atoms with E-state index in [1.165, 1.54) is 28.8 Å². The monoisotopic (exact) mass is 587 g/mol. The molecule has 0 aliphatic carbocycles. The lowest BCUT2D eigenvalue weighted by Gasteiger charge is -2.32. The van der Waals surface area contributed by atoms with Crippen molar-refractivity contribution in [2.45, 2.75) is 56.1 Å². The van der Waals surface area contributed by atoms with Gasteiger partial charge in [0.05, 0.1) is 10.6 Å². The van der Waals surface area contributed by atoms with Crippen LogP contribution in [0.25, 0.3) is 0 Å². The van der Waals surface area contributed by atoms with Crippen LogP contribution in [0.3, 0.4) is 0 Å². The van der Waals surface area contributed by atoms with Gasteiger partial charge in [-0.25, -0.2) is 8.42 Å². The summed E-state index contributed by atoms with van der Waals surface area (Å²) < 4.78 is 28.9. The summed E-state index contributed by atoms with van der Waals surface area (Å²) in [5.41, 5.74) is 1.94. The Kier molecular flexibility index (Phi) is 10.5. The van der Waals surface area contributed by atoms with Crippen molar-refractivity contribution in [1.82, 2.24) is 10.2 Å². The second kappa shape index (κ2) is 13.4. The molecular formula is C29H34ClN3O4S2. The van der Waals surface area contributed by atoms with Gasteiger partial charge in [-0.15, -0.1) is 11.8 Å². The van der Waals surface area contributed by atoms with Crippen LogP contribution in [0.15, 0.2) is 82.6 Å². The van der Waals surface area contributed by atoms with Gasteiger partial charge >= 0.3 is 0 Å². The van der Waals surface area contributed by atoms with Crippen LogP contribution in [0.2, 0.25) is 5.02 Å². The highest BCUT2D eigenvalue weighted by Gasteiger charge is 2.33. The largest absolute Gasteiger partial charge is 0.352 e. The minimum absolute atomic E-state index is 0.0371. The van der Waals surface area contributed by atoms with Gasteiger partial charge in [-0.1, -0.05) is 47.5 Å². The highest BCUT2D eigenvalue weighted by atomic mass is 35.5. The first-order chi connectivity index (χ1) is 18.4. The van der Waals surface area contributed by atoms with Crippen molar-refractivity contribution in [1.29, 1.82) is 0 Å². The number of thioether (sulfide) groups is 1. The van der Waals surface area contributed by atoms with E-state index in [1.807, 2.05) is 27.0 Å². The van der Waals surface area contributed by atoms with Crippen molar-refractivity contribution in [3.63, 3.8) is 0 Å². The number of halogens is 1. The van der Waals surface area contributed by atoms with Gasteiger partial charge < -0.3 is 10.2 Å². The summed E-state index contributed by atoms with van der Waals surface area (Å²) in [4.78, 5) is 29.2. The number of amides is 2. The number of hydrogen-bond acceptors (Lipinski definition) is 5. The van der Waals surface area contributed by atoms with Gasteiger partial charge in [-0.3, -0.25) is 13.9 Å². The van der Waals surface area contributed by atoms with Gasteiger partial charge in [0.15, 0.2) is 0 Å². The fourth-order valence-corrected chi connectivity index (χ4v) is 5.93. The third kappa shape index (κ3) is 7.77. The second-order valence-corrected chi connectivity index (χ2v) is 12.6. The van der Waals surface area contributed by atoms with Crippen LogP contribution < -0.4 is 9.62 Å². The number of carbonyl (C=O) groups excluding carboxylic acids is 2. The van der Waals surface area contributed by atoms with E-state index in [-0.39, 0.29) is 23.4 Å². The van der Waals surface area contributed by atoms with E-state index in [0.29, 0.717) is 16.3 Å². The Balaban J connectivity index is 2.04. The van der Waals surface area contributed by atoms with E-state index < -0.39 is 28.5 Å². The smallest absolute Gasteiger partial charge is 0.264 e. The van der Waals surface area contributed by atoms with Crippen LogP contribution >= 0.6 is 23.4 Å². The fraction of sp³-hybridized carbons (Fsp3) is 0.310. The molecule has 7 nitrogen and oxygen atoms in total. The van der Waals surface area contributed by atoms with Crippen LogP contribution in [0, 0.1) is 6.92 Å². The SMILES string of the molecule is CSc1ccc(S(=O)(=O)N(CC(=O)N(Cc2ccccc2Cl)[C@H](C)C(=O)NC(C)C)c2ccc(C)cc2)cc1. The van der Waals surface area contributed by atoms with Crippen LogP contribution in [0.1, 0.15) is 31.9 Å². The molecule has 1 atom stereocenters. The third-order valence-corrected chi connectivity index (χ3v) is 9.05. The minimum Gasteiger partial charge on any atom is -0.352 e. The molecule has 39 heavy (non-hydrogen) atoms. The lowest BCUT2D eigenvalue weighted by molar-refractivity contribution is -0.139. The fourth-order valence-electron chi connectivity index (χ4n) is 3.91. The number of anilines is 1. The van der Waals surface area contributed by atoms with Crippen LogP contribution in [-0.4, -0.2) is 50.0 Å². The van der Waals surface area contributed by atoms with E-state index in [1.54, 1.807) is 67.6 Å². The molecular weight excluding hydrogens is 554 g/mol. The molecule has 3 rings (SSSR count). The molecule has 10 heteroatoms. The molecule has 1 N–H and O–H groups in total.